The van der Waals surface area contributed by atoms with Gasteiger partial charge in [-0.25, -0.2) is 0 Å². The minimum absolute atomic E-state index is 0.210. The van der Waals surface area contributed by atoms with E-state index in [4.69, 9.17) is 0 Å². The summed E-state index contributed by atoms with van der Waals surface area (Å²) in [5.41, 5.74) is 0. The molecular formula is C8H21Si2. The Hall–Kier alpha value is 0.434. The molecule has 0 N–H and O–H groups in total. The van der Waals surface area contributed by atoms with Crippen molar-refractivity contribution in [2.45, 2.75) is 45.6 Å². The number of unbranched alkanes of at least 4 members (excludes halogenated alkanes) is 3. The summed E-state index contributed by atoms with van der Waals surface area (Å²) < 4.78 is 0. The molecule has 0 nitrogen and oxygen atoms in total. The zero-order valence-electron chi connectivity index (χ0n) is 7.69. The van der Waals surface area contributed by atoms with Gasteiger partial charge in [-0.05, 0) is 9.76 Å². The third kappa shape index (κ3) is 6.55. The molecule has 0 aromatic heterocycles. The lowest BCUT2D eigenvalue weighted by molar-refractivity contribution is 0.700. The van der Waals surface area contributed by atoms with Gasteiger partial charge < -0.3 is 0 Å². The molecule has 0 heterocycles. The molecule has 10 heavy (non-hydrogen) atoms. The summed E-state index contributed by atoms with van der Waals surface area (Å²) in [6.45, 7) is 4.53. The Kier molecular flexibility index (Phi) is 7.87. The highest BCUT2D eigenvalue weighted by Gasteiger charge is 1.98. The van der Waals surface area contributed by atoms with Crippen molar-refractivity contribution in [1.82, 2.24) is 0 Å². The van der Waals surface area contributed by atoms with Gasteiger partial charge in [-0.15, -0.1) is 0 Å². The summed E-state index contributed by atoms with van der Waals surface area (Å²) >= 11 is 0. The Morgan fingerprint density at radius 3 is 2.50 bits per heavy atom. The van der Waals surface area contributed by atoms with Gasteiger partial charge in [-0.1, -0.05) is 51.6 Å². The molecule has 0 aromatic carbocycles. The second kappa shape index (κ2) is 7.54. The van der Waals surface area contributed by atoms with E-state index in [0.29, 0.717) is 0 Å². The highest BCUT2D eigenvalue weighted by Crippen LogP contribution is 2.05. The van der Waals surface area contributed by atoms with Crippen LogP contribution >= 0.6 is 0 Å². The van der Waals surface area contributed by atoms with E-state index in [1.165, 1.54) is 35.4 Å². The van der Waals surface area contributed by atoms with E-state index < -0.39 is 0 Å². The third-order valence-corrected chi connectivity index (χ3v) is 8.27. The van der Waals surface area contributed by atoms with Gasteiger partial charge in [0, 0.05) is 8.31 Å². The first kappa shape index (κ1) is 10.4. The maximum Gasteiger partial charge on any atom is 0.0231 e. The maximum absolute atomic E-state index is 2.50. The standard InChI is InChI=1S/C8H21Si2/c1-3-5-6-7-8-10(9)4-2/h4,10H,3,5-8H2,1-2,9H3. The second-order valence-corrected chi connectivity index (χ2v) is 10.8. The Labute approximate surface area is 70.2 Å². The van der Waals surface area contributed by atoms with Crippen molar-refractivity contribution in [2.24, 2.45) is 0 Å². The molecule has 0 spiro atoms. The fourth-order valence-corrected chi connectivity index (χ4v) is 3.55. The Balaban J connectivity index is 2.89. The average molecular weight is 173 g/mol. The zero-order chi connectivity index (χ0) is 7.82. The largest absolute Gasteiger partial charge is 0.0654 e. The zero-order valence-corrected chi connectivity index (χ0v) is 10.8. The van der Waals surface area contributed by atoms with E-state index in [1.807, 2.05) is 0 Å². The quantitative estimate of drug-likeness (QED) is 0.421. The van der Waals surface area contributed by atoms with Crippen molar-refractivity contribution in [3.63, 3.8) is 0 Å². The fraction of sp³-hybridized carbons (Fsp3) is 0.875. The number of rotatable bonds is 6. The van der Waals surface area contributed by atoms with Crippen molar-refractivity contribution < 1.29 is 0 Å². The van der Waals surface area contributed by atoms with Gasteiger partial charge in [-0.3, -0.25) is 0 Å². The molecule has 0 aromatic rings. The van der Waals surface area contributed by atoms with Crippen LogP contribution < -0.4 is 0 Å². The summed E-state index contributed by atoms with van der Waals surface area (Å²) in [4.78, 5) is 0. The van der Waals surface area contributed by atoms with Crippen LogP contribution in [0.15, 0.2) is 0 Å². The van der Waals surface area contributed by atoms with Crippen LogP contribution in [0.2, 0.25) is 6.04 Å². The van der Waals surface area contributed by atoms with Crippen molar-refractivity contribution >= 4 is 18.1 Å². The van der Waals surface area contributed by atoms with Crippen LogP contribution in [-0.4, -0.2) is 18.1 Å². The molecule has 1 unspecified atom stereocenters. The van der Waals surface area contributed by atoms with Gasteiger partial charge in [0.25, 0.3) is 0 Å². The topological polar surface area (TPSA) is 0 Å². The molecule has 61 valence electrons. The number of hydrogen-bond acceptors (Lipinski definition) is 0. The molecule has 0 aliphatic rings. The SMILES string of the molecule is C[CH][SiH]([SiH3])CCCCCC. The highest BCUT2D eigenvalue weighted by molar-refractivity contribution is 7.05. The first-order valence-corrected chi connectivity index (χ1v) is 10.7. The molecule has 1 atom stereocenters. The molecule has 1 radical (unpaired) electrons. The van der Waals surface area contributed by atoms with Crippen LogP contribution in [0.1, 0.15) is 39.5 Å². The highest BCUT2D eigenvalue weighted by atomic mass is 29.1. The van der Waals surface area contributed by atoms with Crippen LogP contribution in [0.5, 0.6) is 0 Å². The van der Waals surface area contributed by atoms with Crippen LogP contribution in [-0.2, 0) is 0 Å². The van der Waals surface area contributed by atoms with Crippen LogP contribution in [0.25, 0.3) is 0 Å². The van der Waals surface area contributed by atoms with Crippen LogP contribution in [0.4, 0.5) is 0 Å². The molecule has 0 saturated carbocycles. The molecular weight excluding hydrogens is 152 g/mol. The van der Waals surface area contributed by atoms with Gasteiger partial charge in [0.1, 0.15) is 0 Å². The Morgan fingerprint density at radius 1 is 1.30 bits per heavy atom. The van der Waals surface area contributed by atoms with Crippen LogP contribution in [0.3, 0.4) is 0 Å². The molecule has 0 aliphatic heterocycles. The molecule has 0 bridgehead atoms. The van der Waals surface area contributed by atoms with E-state index in [1.54, 1.807) is 6.04 Å². The number of hydrogen-bond donors (Lipinski definition) is 0. The van der Waals surface area contributed by atoms with E-state index in [9.17, 15) is 0 Å². The van der Waals surface area contributed by atoms with Gasteiger partial charge in [-0.2, -0.15) is 0 Å². The lowest BCUT2D eigenvalue weighted by Gasteiger charge is -2.04. The van der Waals surface area contributed by atoms with E-state index in [2.05, 4.69) is 19.9 Å². The summed E-state index contributed by atoms with van der Waals surface area (Å²) in [5, 5.41) is 0. The first-order valence-electron chi connectivity index (χ1n) is 4.60. The van der Waals surface area contributed by atoms with Crippen molar-refractivity contribution in [3.8, 4) is 0 Å². The van der Waals surface area contributed by atoms with Gasteiger partial charge in [0.15, 0.2) is 0 Å². The first-order chi connectivity index (χ1) is 4.81. The minimum Gasteiger partial charge on any atom is -0.0654 e. The third-order valence-electron chi connectivity index (χ3n) is 2.08. The summed E-state index contributed by atoms with van der Waals surface area (Å²) in [5.74, 6) is 0. The predicted molar refractivity (Wildman–Crippen MR) is 56.0 cm³/mol. The smallest absolute Gasteiger partial charge is 0.0231 e. The van der Waals surface area contributed by atoms with E-state index in [0.717, 1.165) is 0 Å². The van der Waals surface area contributed by atoms with Crippen molar-refractivity contribution in [1.29, 1.82) is 0 Å². The molecule has 0 aliphatic carbocycles. The lowest BCUT2D eigenvalue weighted by atomic mass is 10.2. The molecule has 0 rings (SSSR count). The second-order valence-electron chi connectivity index (χ2n) is 3.16. The van der Waals surface area contributed by atoms with Gasteiger partial charge in [0.2, 0.25) is 0 Å². The molecule has 0 saturated heterocycles. The maximum atomic E-state index is 2.50. The summed E-state index contributed by atoms with van der Waals surface area (Å²) in [6, 6.07) is 4.08. The predicted octanol–water partition coefficient (Wildman–Crippen LogP) is 1.42. The van der Waals surface area contributed by atoms with E-state index in [-0.39, 0.29) is 8.31 Å². The van der Waals surface area contributed by atoms with Crippen molar-refractivity contribution in [2.75, 3.05) is 0 Å². The normalized spacial score (nSPS) is 13.8. The van der Waals surface area contributed by atoms with Gasteiger partial charge in [0.05, 0.1) is 0 Å². The lowest BCUT2D eigenvalue weighted by Crippen LogP contribution is -2.11. The molecule has 2 heteroatoms. The monoisotopic (exact) mass is 173 g/mol. The summed E-state index contributed by atoms with van der Waals surface area (Å²) in [6.07, 6.45) is 5.82. The van der Waals surface area contributed by atoms with Crippen LogP contribution in [0, 0.1) is 6.04 Å². The molecule has 0 fully saturated rings. The minimum atomic E-state index is -0.210. The summed E-state index contributed by atoms with van der Waals surface area (Å²) in [7, 11) is 1.28. The molecule has 0 amide bonds. The average Bonchev–Trinajstić information content (AvgIpc) is 1.98. The Bertz CT molecular complexity index is 64.3. The van der Waals surface area contributed by atoms with E-state index >= 15 is 0 Å². The van der Waals surface area contributed by atoms with Gasteiger partial charge >= 0.3 is 0 Å². The fourth-order valence-electron chi connectivity index (χ4n) is 1.06. The Morgan fingerprint density at radius 2 is 2.00 bits per heavy atom. The van der Waals surface area contributed by atoms with Crippen molar-refractivity contribution in [3.05, 3.63) is 6.04 Å².